The van der Waals surface area contributed by atoms with Crippen molar-refractivity contribution in [3.8, 4) is 11.5 Å². The third kappa shape index (κ3) is 3.15. The van der Waals surface area contributed by atoms with E-state index >= 15 is 0 Å². The number of rotatable bonds is 4. The molecule has 2 aromatic heterocycles. The van der Waals surface area contributed by atoms with Gasteiger partial charge in [-0.1, -0.05) is 17.3 Å². The summed E-state index contributed by atoms with van der Waals surface area (Å²) in [5, 5.41) is 6.73. The van der Waals surface area contributed by atoms with Crippen LogP contribution in [-0.2, 0) is 6.54 Å². The van der Waals surface area contributed by atoms with Crippen LogP contribution in [-0.4, -0.2) is 11.1 Å². The lowest BCUT2D eigenvalue weighted by Crippen LogP contribution is -2.23. The molecule has 0 radical (unpaired) electrons. The molecule has 0 aliphatic heterocycles. The zero-order chi connectivity index (χ0) is 14.7. The molecule has 1 aromatic carbocycles. The Bertz CT molecular complexity index is 750. The van der Waals surface area contributed by atoms with Crippen LogP contribution in [0.2, 0.25) is 0 Å². The third-order valence-electron chi connectivity index (χ3n) is 2.87. The van der Waals surface area contributed by atoms with E-state index in [9.17, 15) is 4.79 Å². The van der Waals surface area contributed by atoms with Gasteiger partial charge < -0.3 is 14.3 Å². The normalized spacial score (nSPS) is 10.5. The summed E-state index contributed by atoms with van der Waals surface area (Å²) in [6.07, 6.45) is 1.57. The third-order valence-corrected chi connectivity index (χ3v) is 3.81. The number of nitrogens with zero attached hydrogens (tertiary/aromatic N) is 1. The van der Waals surface area contributed by atoms with Gasteiger partial charge in [-0.2, -0.15) is 0 Å². The Morgan fingerprint density at radius 1 is 1.19 bits per heavy atom. The van der Waals surface area contributed by atoms with E-state index < -0.39 is 0 Å². The average Bonchev–Trinajstić information content (AvgIpc) is 3.16. The van der Waals surface area contributed by atoms with Crippen LogP contribution in [0.15, 0.2) is 57.7 Å². The van der Waals surface area contributed by atoms with Crippen LogP contribution < -0.4 is 5.32 Å². The van der Waals surface area contributed by atoms with Crippen molar-refractivity contribution in [3.63, 3.8) is 0 Å². The molecule has 0 aliphatic rings. The maximum absolute atomic E-state index is 12.1. The second-order valence-electron chi connectivity index (χ2n) is 4.32. The van der Waals surface area contributed by atoms with Crippen molar-refractivity contribution >= 4 is 28.5 Å². The fraction of sp³-hybridized carbons (Fsp3) is 0.0667. The molecular weight excluding hydrogens is 383 g/mol. The molecule has 0 spiro atoms. The molecule has 5 nitrogen and oxygen atoms in total. The Morgan fingerprint density at radius 3 is 2.81 bits per heavy atom. The van der Waals surface area contributed by atoms with Crippen LogP contribution in [0.4, 0.5) is 0 Å². The number of aromatic nitrogens is 1. The number of benzene rings is 1. The number of hydrogen-bond acceptors (Lipinski definition) is 4. The van der Waals surface area contributed by atoms with E-state index in [0.717, 1.165) is 3.57 Å². The second-order valence-corrected chi connectivity index (χ2v) is 5.48. The molecule has 0 saturated heterocycles. The first-order valence-electron chi connectivity index (χ1n) is 6.26. The Balaban J connectivity index is 1.66. The molecule has 3 aromatic rings. The molecule has 0 bridgehead atoms. The van der Waals surface area contributed by atoms with Gasteiger partial charge >= 0.3 is 0 Å². The smallest absolute Gasteiger partial charge is 0.252 e. The molecule has 0 saturated carbocycles. The number of nitrogens with one attached hydrogen (secondary N) is 1. The van der Waals surface area contributed by atoms with E-state index in [1.54, 1.807) is 30.5 Å². The summed E-state index contributed by atoms with van der Waals surface area (Å²) < 4.78 is 11.3. The second kappa shape index (κ2) is 6.13. The predicted octanol–water partition coefficient (Wildman–Crippen LogP) is 3.47. The first-order chi connectivity index (χ1) is 10.2. The Labute approximate surface area is 134 Å². The van der Waals surface area contributed by atoms with Gasteiger partial charge in [-0.05, 0) is 46.9 Å². The van der Waals surface area contributed by atoms with E-state index in [2.05, 4.69) is 33.1 Å². The number of carbonyl (C=O) groups excluding carboxylic acids is 1. The van der Waals surface area contributed by atoms with E-state index in [4.69, 9.17) is 8.94 Å². The predicted molar refractivity (Wildman–Crippen MR) is 84.5 cm³/mol. The largest absolute Gasteiger partial charge is 0.461 e. The van der Waals surface area contributed by atoms with Gasteiger partial charge in [0.15, 0.2) is 5.76 Å². The molecule has 0 aliphatic carbocycles. The molecule has 3 rings (SSSR count). The number of hydrogen-bond donors (Lipinski definition) is 1. The van der Waals surface area contributed by atoms with Gasteiger partial charge in [0.25, 0.3) is 5.91 Å². The van der Waals surface area contributed by atoms with E-state index in [0.29, 0.717) is 29.3 Å². The van der Waals surface area contributed by atoms with Crippen LogP contribution in [0.3, 0.4) is 0 Å². The molecule has 1 amide bonds. The average molecular weight is 394 g/mol. The van der Waals surface area contributed by atoms with Crippen LogP contribution in [0, 0.1) is 3.57 Å². The minimum Gasteiger partial charge on any atom is -0.461 e. The maximum Gasteiger partial charge on any atom is 0.252 e. The summed E-state index contributed by atoms with van der Waals surface area (Å²) in [5.74, 6) is 1.01. The van der Waals surface area contributed by atoms with Crippen molar-refractivity contribution in [3.05, 3.63) is 63.6 Å². The number of carbonyl (C=O) groups is 1. The first kappa shape index (κ1) is 13.9. The van der Waals surface area contributed by atoms with Crippen LogP contribution >= 0.6 is 22.6 Å². The fourth-order valence-corrected chi connectivity index (χ4v) is 2.47. The molecule has 0 fully saturated rings. The molecule has 0 unspecified atom stereocenters. The minimum atomic E-state index is -0.137. The molecule has 2 heterocycles. The molecule has 21 heavy (non-hydrogen) atoms. The topological polar surface area (TPSA) is 68.3 Å². The van der Waals surface area contributed by atoms with Gasteiger partial charge in [0, 0.05) is 9.64 Å². The summed E-state index contributed by atoms with van der Waals surface area (Å²) in [5.41, 5.74) is 1.29. The standard InChI is InChI=1S/C15H11IN2O3/c16-12-5-2-1-4-11(12)15(19)17-9-10-8-14(21-18-10)13-6-3-7-20-13/h1-8H,9H2,(H,17,19). The number of amides is 1. The molecule has 6 heteroatoms. The van der Waals surface area contributed by atoms with Gasteiger partial charge in [0.05, 0.1) is 18.4 Å². The lowest BCUT2D eigenvalue weighted by molar-refractivity contribution is 0.0949. The van der Waals surface area contributed by atoms with Gasteiger partial charge in [0.2, 0.25) is 5.76 Å². The highest BCUT2D eigenvalue weighted by atomic mass is 127. The van der Waals surface area contributed by atoms with Crippen molar-refractivity contribution < 1.29 is 13.7 Å². The van der Waals surface area contributed by atoms with Crippen molar-refractivity contribution in [2.24, 2.45) is 0 Å². The molecular formula is C15H11IN2O3. The van der Waals surface area contributed by atoms with Crippen molar-refractivity contribution in [1.29, 1.82) is 0 Å². The highest BCUT2D eigenvalue weighted by Crippen LogP contribution is 2.20. The van der Waals surface area contributed by atoms with Gasteiger partial charge in [-0.25, -0.2) is 0 Å². The monoisotopic (exact) mass is 394 g/mol. The van der Waals surface area contributed by atoms with Crippen molar-refractivity contribution in [2.75, 3.05) is 0 Å². The maximum atomic E-state index is 12.1. The Morgan fingerprint density at radius 2 is 2.05 bits per heavy atom. The van der Waals surface area contributed by atoms with Crippen LogP contribution in [0.25, 0.3) is 11.5 Å². The summed E-state index contributed by atoms with van der Waals surface area (Å²) in [4.78, 5) is 12.1. The quantitative estimate of drug-likeness (QED) is 0.689. The van der Waals surface area contributed by atoms with Gasteiger partial charge in [-0.3, -0.25) is 4.79 Å². The van der Waals surface area contributed by atoms with E-state index in [1.807, 2.05) is 18.2 Å². The highest BCUT2D eigenvalue weighted by molar-refractivity contribution is 14.1. The summed E-state index contributed by atoms with van der Waals surface area (Å²) >= 11 is 2.13. The van der Waals surface area contributed by atoms with Gasteiger partial charge in [0.1, 0.15) is 5.69 Å². The molecule has 1 N–H and O–H groups in total. The lowest BCUT2D eigenvalue weighted by Gasteiger charge is -2.04. The fourth-order valence-electron chi connectivity index (χ4n) is 1.84. The molecule has 106 valence electrons. The zero-order valence-electron chi connectivity index (χ0n) is 10.9. The first-order valence-corrected chi connectivity index (χ1v) is 7.34. The molecule has 0 atom stereocenters. The SMILES string of the molecule is O=C(NCc1cc(-c2ccco2)on1)c1ccccc1I. The Kier molecular flexibility index (Phi) is 4.05. The van der Waals surface area contributed by atoms with Crippen molar-refractivity contribution in [2.45, 2.75) is 6.54 Å². The Hall–Kier alpha value is -2.09. The lowest BCUT2D eigenvalue weighted by atomic mass is 10.2. The summed E-state index contributed by atoms with van der Waals surface area (Å²) in [7, 11) is 0. The minimum absolute atomic E-state index is 0.137. The number of halogens is 1. The van der Waals surface area contributed by atoms with Crippen molar-refractivity contribution in [1.82, 2.24) is 10.5 Å². The van der Waals surface area contributed by atoms with E-state index in [1.165, 1.54) is 0 Å². The van der Waals surface area contributed by atoms with Crippen LogP contribution in [0.5, 0.6) is 0 Å². The summed E-state index contributed by atoms with van der Waals surface area (Å²) in [6, 6.07) is 12.7. The van der Waals surface area contributed by atoms with E-state index in [-0.39, 0.29) is 5.91 Å². The highest BCUT2D eigenvalue weighted by Gasteiger charge is 2.12. The van der Waals surface area contributed by atoms with Crippen LogP contribution in [0.1, 0.15) is 16.1 Å². The number of furan rings is 1. The zero-order valence-corrected chi connectivity index (χ0v) is 13.0. The van der Waals surface area contributed by atoms with Gasteiger partial charge in [-0.15, -0.1) is 0 Å². The summed E-state index contributed by atoms with van der Waals surface area (Å²) in [6.45, 7) is 0.300.